The molecular formula is C16H20N2O2. The number of benzene rings is 1. The van der Waals surface area contributed by atoms with Crippen molar-refractivity contribution in [3.63, 3.8) is 0 Å². The molecule has 0 atom stereocenters. The number of methoxy groups -OCH3 is 1. The molecule has 1 aliphatic heterocycles. The van der Waals surface area contributed by atoms with Gasteiger partial charge in [0.15, 0.2) is 0 Å². The van der Waals surface area contributed by atoms with Crippen LogP contribution >= 0.6 is 0 Å². The van der Waals surface area contributed by atoms with Crippen molar-refractivity contribution in [2.75, 3.05) is 26.8 Å². The summed E-state index contributed by atoms with van der Waals surface area (Å²) >= 11 is 0. The second-order valence-electron chi connectivity index (χ2n) is 5.44. The largest absolute Gasteiger partial charge is 0.384 e. The Kier molecular flexibility index (Phi) is 3.74. The average molecular weight is 272 g/mol. The molecule has 3 rings (SSSR count). The highest BCUT2D eigenvalue weighted by molar-refractivity contribution is 6.06. The highest BCUT2D eigenvalue weighted by atomic mass is 16.5. The Labute approximate surface area is 118 Å². The zero-order valence-electron chi connectivity index (χ0n) is 11.8. The smallest absolute Gasteiger partial charge is 0.256 e. The quantitative estimate of drug-likeness (QED) is 0.933. The molecule has 1 N–H and O–H groups in total. The zero-order chi connectivity index (χ0) is 13.9. The van der Waals surface area contributed by atoms with Crippen LogP contribution in [0.3, 0.4) is 0 Å². The van der Waals surface area contributed by atoms with Crippen LogP contribution in [0.2, 0.25) is 0 Å². The molecule has 20 heavy (non-hydrogen) atoms. The van der Waals surface area contributed by atoms with Gasteiger partial charge in [-0.1, -0.05) is 18.2 Å². The molecule has 0 unspecified atom stereocenters. The molecule has 1 amide bonds. The van der Waals surface area contributed by atoms with Gasteiger partial charge in [0.25, 0.3) is 5.91 Å². The van der Waals surface area contributed by atoms with E-state index in [1.165, 1.54) is 0 Å². The Morgan fingerprint density at radius 1 is 1.35 bits per heavy atom. The maximum Gasteiger partial charge on any atom is 0.256 e. The molecule has 0 bridgehead atoms. The summed E-state index contributed by atoms with van der Waals surface area (Å²) in [5.74, 6) is 0.727. The van der Waals surface area contributed by atoms with Gasteiger partial charge in [0.2, 0.25) is 0 Å². The second kappa shape index (κ2) is 5.67. The standard InChI is InChI=1S/C16H20N2O2/c1-20-11-12-6-8-18(9-7-12)16(19)14-10-17-15-5-3-2-4-13(14)15/h2-5,10,12,17H,6-9,11H2,1H3. The van der Waals surface area contributed by atoms with Crippen molar-refractivity contribution in [1.82, 2.24) is 9.88 Å². The lowest BCUT2D eigenvalue weighted by atomic mass is 9.97. The predicted molar refractivity (Wildman–Crippen MR) is 78.8 cm³/mol. The minimum absolute atomic E-state index is 0.137. The third kappa shape index (κ3) is 2.43. The molecule has 1 aliphatic rings. The number of H-pyrrole nitrogens is 1. The number of fused-ring (bicyclic) bond motifs is 1. The Morgan fingerprint density at radius 2 is 2.10 bits per heavy atom. The van der Waals surface area contributed by atoms with Gasteiger partial charge in [-0.25, -0.2) is 0 Å². The van der Waals surface area contributed by atoms with Crippen LogP contribution in [0.5, 0.6) is 0 Å². The number of likely N-dealkylation sites (tertiary alicyclic amines) is 1. The van der Waals surface area contributed by atoms with Crippen molar-refractivity contribution in [3.8, 4) is 0 Å². The van der Waals surface area contributed by atoms with E-state index in [2.05, 4.69) is 4.98 Å². The predicted octanol–water partition coefficient (Wildman–Crippen LogP) is 2.67. The Hall–Kier alpha value is -1.81. The first kappa shape index (κ1) is 13.2. The number of hydrogen-bond donors (Lipinski definition) is 1. The molecule has 4 nitrogen and oxygen atoms in total. The van der Waals surface area contributed by atoms with Crippen molar-refractivity contribution < 1.29 is 9.53 Å². The number of nitrogens with zero attached hydrogens (tertiary/aromatic N) is 1. The van der Waals surface area contributed by atoms with Gasteiger partial charge in [0, 0.05) is 43.9 Å². The van der Waals surface area contributed by atoms with Crippen LogP contribution in [-0.2, 0) is 4.74 Å². The lowest BCUT2D eigenvalue weighted by Gasteiger charge is -2.31. The number of para-hydroxylation sites is 1. The topological polar surface area (TPSA) is 45.3 Å². The monoisotopic (exact) mass is 272 g/mol. The first-order valence-electron chi connectivity index (χ1n) is 7.14. The molecule has 0 saturated carbocycles. The molecule has 4 heteroatoms. The molecule has 1 saturated heterocycles. The average Bonchev–Trinajstić information content (AvgIpc) is 2.92. The van der Waals surface area contributed by atoms with Crippen LogP contribution in [0.1, 0.15) is 23.2 Å². The van der Waals surface area contributed by atoms with Crippen LogP contribution in [0, 0.1) is 5.92 Å². The molecule has 0 spiro atoms. The molecular weight excluding hydrogens is 252 g/mol. The number of nitrogens with one attached hydrogen (secondary N) is 1. The lowest BCUT2D eigenvalue weighted by Crippen LogP contribution is -2.39. The van der Waals surface area contributed by atoms with E-state index in [1.807, 2.05) is 35.4 Å². The van der Waals surface area contributed by atoms with Gasteiger partial charge in [-0.05, 0) is 24.8 Å². The molecule has 2 aromatic rings. The van der Waals surface area contributed by atoms with Crippen molar-refractivity contribution in [1.29, 1.82) is 0 Å². The second-order valence-corrected chi connectivity index (χ2v) is 5.44. The molecule has 1 aromatic carbocycles. The first-order valence-corrected chi connectivity index (χ1v) is 7.14. The fourth-order valence-electron chi connectivity index (χ4n) is 2.96. The number of aromatic nitrogens is 1. The summed E-state index contributed by atoms with van der Waals surface area (Å²) in [5, 5.41) is 1.01. The van der Waals surface area contributed by atoms with E-state index in [1.54, 1.807) is 7.11 Å². The number of carbonyl (C=O) groups excluding carboxylic acids is 1. The summed E-state index contributed by atoms with van der Waals surface area (Å²) in [6.45, 7) is 2.45. The zero-order valence-corrected chi connectivity index (χ0v) is 11.8. The number of ether oxygens (including phenoxy) is 1. The summed E-state index contributed by atoms with van der Waals surface area (Å²) in [6, 6.07) is 7.94. The van der Waals surface area contributed by atoms with Gasteiger partial charge >= 0.3 is 0 Å². The fraction of sp³-hybridized carbons (Fsp3) is 0.438. The highest BCUT2D eigenvalue weighted by Gasteiger charge is 2.24. The third-order valence-electron chi connectivity index (χ3n) is 4.12. The maximum absolute atomic E-state index is 12.6. The summed E-state index contributed by atoms with van der Waals surface area (Å²) < 4.78 is 5.20. The Bertz CT molecular complexity index is 597. The van der Waals surface area contributed by atoms with Crippen LogP contribution in [0.25, 0.3) is 10.9 Å². The minimum Gasteiger partial charge on any atom is -0.384 e. The third-order valence-corrected chi connectivity index (χ3v) is 4.12. The number of aromatic amines is 1. The van der Waals surface area contributed by atoms with E-state index >= 15 is 0 Å². The fourth-order valence-corrected chi connectivity index (χ4v) is 2.96. The summed E-state index contributed by atoms with van der Waals surface area (Å²) in [6.07, 6.45) is 3.89. The van der Waals surface area contributed by atoms with Crippen molar-refractivity contribution in [2.24, 2.45) is 5.92 Å². The number of piperidine rings is 1. The van der Waals surface area contributed by atoms with E-state index in [9.17, 15) is 4.79 Å². The number of carbonyl (C=O) groups is 1. The van der Waals surface area contributed by atoms with Crippen LogP contribution in [-0.4, -0.2) is 42.6 Å². The van der Waals surface area contributed by atoms with Gasteiger partial charge in [-0.2, -0.15) is 0 Å². The van der Waals surface area contributed by atoms with Gasteiger partial charge < -0.3 is 14.6 Å². The maximum atomic E-state index is 12.6. The normalized spacial score (nSPS) is 16.8. The van der Waals surface area contributed by atoms with Crippen LogP contribution in [0.15, 0.2) is 30.5 Å². The summed E-state index contributed by atoms with van der Waals surface area (Å²) in [7, 11) is 1.74. The minimum atomic E-state index is 0.137. The van der Waals surface area contributed by atoms with E-state index in [-0.39, 0.29) is 5.91 Å². The van der Waals surface area contributed by atoms with Crippen molar-refractivity contribution in [2.45, 2.75) is 12.8 Å². The lowest BCUT2D eigenvalue weighted by molar-refractivity contribution is 0.0615. The van der Waals surface area contributed by atoms with Gasteiger partial charge in [-0.15, -0.1) is 0 Å². The van der Waals surface area contributed by atoms with E-state index in [4.69, 9.17) is 4.74 Å². The van der Waals surface area contributed by atoms with Gasteiger partial charge in [0.05, 0.1) is 5.56 Å². The SMILES string of the molecule is COCC1CCN(C(=O)c2c[nH]c3ccccc23)CC1. The number of hydrogen-bond acceptors (Lipinski definition) is 2. The Balaban J connectivity index is 1.74. The molecule has 1 fully saturated rings. The van der Waals surface area contributed by atoms with Crippen molar-refractivity contribution in [3.05, 3.63) is 36.0 Å². The molecule has 1 aromatic heterocycles. The number of rotatable bonds is 3. The molecule has 0 aliphatic carbocycles. The highest BCUT2D eigenvalue weighted by Crippen LogP contribution is 2.23. The van der Waals surface area contributed by atoms with Crippen LogP contribution < -0.4 is 0 Å². The van der Waals surface area contributed by atoms with Crippen LogP contribution in [0.4, 0.5) is 0 Å². The summed E-state index contributed by atoms with van der Waals surface area (Å²) in [4.78, 5) is 17.7. The van der Waals surface area contributed by atoms with E-state index in [0.29, 0.717) is 5.92 Å². The number of amides is 1. The molecule has 2 heterocycles. The van der Waals surface area contributed by atoms with Gasteiger partial charge in [-0.3, -0.25) is 4.79 Å². The first-order chi connectivity index (χ1) is 9.79. The Morgan fingerprint density at radius 3 is 2.85 bits per heavy atom. The van der Waals surface area contributed by atoms with Gasteiger partial charge in [0.1, 0.15) is 0 Å². The summed E-state index contributed by atoms with van der Waals surface area (Å²) in [5.41, 5.74) is 1.80. The molecule has 106 valence electrons. The molecule has 0 radical (unpaired) electrons. The van der Waals surface area contributed by atoms with Crippen molar-refractivity contribution >= 4 is 16.8 Å². The van der Waals surface area contributed by atoms with E-state index < -0.39 is 0 Å². The van der Waals surface area contributed by atoms with E-state index in [0.717, 1.165) is 49.0 Å².